The van der Waals surface area contributed by atoms with E-state index in [-0.39, 0.29) is 50.2 Å². The summed E-state index contributed by atoms with van der Waals surface area (Å²) in [6.07, 6.45) is -9.36. The molecule has 0 aliphatic carbocycles. The number of carbonyl (C=O) groups is 5. The molecule has 0 aromatic heterocycles. The maximum atomic E-state index is 13.3. The van der Waals surface area contributed by atoms with Gasteiger partial charge in [0.15, 0.2) is 18.7 Å². The number of likely N-dealkylation sites (N-methyl/N-ethyl adjacent to an activating group) is 1. The van der Waals surface area contributed by atoms with E-state index in [0.29, 0.717) is 6.29 Å². The Bertz CT molecular complexity index is 1420. The van der Waals surface area contributed by atoms with E-state index in [0.717, 1.165) is 6.92 Å². The summed E-state index contributed by atoms with van der Waals surface area (Å²) >= 11 is 0. The zero-order chi connectivity index (χ0) is 44.4. The first-order valence-corrected chi connectivity index (χ1v) is 20.7. The molecule has 0 aromatic carbocycles. The number of Topliss-reactive ketones (excluding diaryl/α,β-unsaturated/α-hetero) is 1. The third kappa shape index (κ3) is 14.6. The van der Waals surface area contributed by atoms with Crippen LogP contribution in [0.15, 0.2) is 12.2 Å². The molecule has 338 valence electrons. The van der Waals surface area contributed by atoms with E-state index in [1.54, 1.807) is 59.7 Å². The molecule has 0 amide bonds. The minimum Gasteiger partial charge on any atom is -0.462 e. The van der Waals surface area contributed by atoms with Crippen LogP contribution >= 0.6 is 0 Å². The number of ether oxygens (including phenoxy) is 8. The third-order valence-corrected chi connectivity index (χ3v) is 11.1. The van der Waals surface area contributed by atoms with Gasteiger partial charge in [-0.3, -0.25) is 19.2 Å². The van der Waals surface area contributed by atoms with Gasteiger partial charge in [0.05, 0.1) is 36.9 Å². The number of cyclic esters (lactones) is 1. The highest BCUT2D eigenvalue weighted by atomic mass is 16.7. The lowest BCUT2D eigenvalue weighted by molar-refractivity contribution is -0.344. The molecular formula is C42H69NO16. The van der Waals surface area contributed by atoms with Gasteiger partial charge in [0.25, 0.3) is 0 Å². The van der Waals surface area contributed by atoms with E-state index in [4.69, 9.17) is 37.9 Å². The Hall–Kier alpha value is -2.87. The minimum absolute atomic E-state index is 0.00771. The number of hydrogen-bond acceptors (Lipinski definition) is 17. The molecular weight excluding hydrogens is 774 g/mol. The Morgan fingerprint density at radius 2 is 1.68 bits per heavy atom. The minimum atomic E-state index is -1.52. The number of nitrogens with zero attached hydrogens (tertiary/aromatic N) is 1. The van der Waals surface area contributed by atoms with Crippen molar-refractivity contribution >= 4 is 30.0 Å². The fourth-order valence-corrected chi connectivity index (χ4v) is 8.29. The smallest absolute Gasteiger partial charge is 0.309 e. The molecule has 3 aliphatic rings. The van der Waals surface area contributed by atoms with Crippen LogP contribution in [0.4, 0.5) is 0 Å². The predicted octanol–water partition coefficient (Wildman–Crippen LogP) is 2.42. The molecule has 0 unspecified atom stereocenters. The number of allylic oxidation sites excluding steroid dienone is 1. The molecule has 3 aliphatic heterocycles. The van der Waals surface area contributed by atoms with Crippen LogP contribution in [0.3, 0.4) is 0 Å². The van der Waals surface area contributed by atoms with Crippen LogP contribution in [0.25, 0.3) is 0 Å². The van der Waals surface area contributed by atoms with Crippen LogP contribution in [0, 0.1) is 17.8 Å². The second-order valence-corrected chi connectivity index (χ2v) is 17.2. The number of rotatable bonds is 12. The summed E-state index contributed by atoms with van der Waals surface area (Å²) in [4.78, 5) is 65.6. The molecule has 17 heteroatoms. The summed E-state index contributed by atoms with van der Waals surface area (Å²) < 4.78 is 48.3. The summed E-state index contributed by atoms with van der Waals surface area (Å²) in [5.41, 5.74) is -1.52. The molecule has 0 spiro atoms. The fourth-order valence-electron chi connectivity index (χ4n) is 8.29. The number of aliphatic hydroxyl groups excluding tert-OH is 2. The first-order chi connectivity index (χ1) is 27.6. The zero-order valence-electron chi connectivity index (χ0n) is 36.5. The van der Waals surface area contributed by atoms with Gasteiger partial charge in [-0.2, -0.15) is 0 Å². The van der Waals surface area contributed by atoms with E-state index in [9.17, 15) is 39.3 Å². The van der Waals surface area contributed by atoms with Gasteiger partial charge < -0.3 is 62.9 Å². The largest absolute Gasteiger partial charge is 0.462 e. The molecule has 17 nitrogen and oxygen atoms in total. The average molecular weight is 844 g/mol. The lowest BCUT2D eigenvalue weighted by Gasteiger charge is -2.50. The SMILES string of the molecule is CO[C@@H]1[C@@H](O[C@@H]2O[C@H](C)[C@H](O[C@H]3C[C@@](C)(O)[C@@H](OC(=O)CC(C)C)[C@H](C)O3)[C@H](N(C)C)[C@H]2O)[C@@H](CC=O)C[C@H](C)C(=O)C/C=C/[C@H](O)C[C@H](C)OC(=O)C[C@H]1OC(C)=O. The molecule has 0 saturated carbocycles. The van der Waals surface area contributed by atoms with Gasteiger partial charge in [-0.25, -0.2) is 0 Å². The molecule has 3 N–H and O–H groups in total. The first kappa shape index (κ1) is 50.5. The molecule has 16 atom stereocenters. The van der Waals surface area contributed by atoms with Crippen molar-refractivity contribution in [3.8, 4) is 0 Å². The van der Waals surface area contributed by atoms with Crippen molar-refractivity contribution in [1.82, 2.24) is 4.90 Å². The van der Waals surface area contributed by atoms with Crippen molar-refractivity contribution in [2.45, 2.75) is 186 Å². The lowest BCUT2D eigenvalue weighted by atomic mass is 9.82. The molecule has 59 heavy (non-hydrogen) atoms. The molecule has 3 rings (SSSR count). The topological polar surface area (TPSA) is 223 Å². The van der Waals surface area contributed by atoms with Crippen molar-refractivity contribution in [3.05, 3.63) is 12.2 Å². The van der Waals surface area contributed by atoms with Crippen LogP contribution in [-0.2, 0) is 61.9 Å². The van der Waals surface area contributed by atoms with E-state index in [1.807, 2.05) is 13.8 Å². The monoisotopic (exact) mass is 843 g/mol. The van der Waals surface area contributed by atoms with Gasteiger partial charge in [-0.15, -0.1) is 0 Å². The van der Waals surface area contributed by atoms with E-state index in [1.165, 1.54) is 13.2 Å². The summed E-state index contributed by atoms with van der Waals surface area (Å²) in [6.45, 7) is 13.2. The average Bonchev–Trinajstić information content (AvgIpc) is 3.10. The highest BCUT2D eigenvalue weighted by molar-refractivity contribution is 5.82. The first-order valence-electron chi connectivity index (χ1n) is 20.7. The van der Waals surface area contributed by atoms with Crippen molar-refractivity contribution < 1.29 is 77.2 Å². The highest BCUT2D eigenvalue weighted by Crippen LogP contribution is 2.38. The number of ketones is 1. The van der Waals surface area contributed by atoms with Crippen molar-refractivity contribution in [1.29, 1.82) is 0 Å². The fraction of sp³-hybridized carbons (Fsp3) is 0.833. The quantitative estimate of drug-likeness (QED) is 0.111. The van der Waals surface area contributed by atoms with Gasteiger partial charge in [-0.05, 0) is 60.0 Å². The molecule has 2 fully saturated rings. The van der Waals surface area contributed by atoms with Crippen LogP contribution in [0.5, 0.6) is 0 Å². The Morgan fingerprint density at radius 3 is 2.25 bits per heavy atom. The lowest BCUT2D eigenvalue weighted by Crippen LogP contribution is -2.66. The van der Waals surface area contributed by atoms with Crippen molar-refractivity contribution in [2.75, 3.05) is 21.2 Å². The molecule has 2 saturated heterocycles. The van der Waals surface area contributed by atoms with Crippen LogP contribution < -0.4 is 0 Å². The summed E-state index contributed by atoms with van der Waals surface area (Å²) in [5.74, 6) is -3.46. The van der Waals surface area contributed by atoms with Gasteiger partial charge in [0.1, 0.15) is 48.2 Å². The maximum Gasteiger partial charge on any atom is 0.309 e. The standard InChI is InChI=1S/C42H69NO16/c1-22(2)17-32(48)57-40-26(6)54-34(21-42(40,8)51)58-37-25(5)55-41(36(50)35(37)43(9)10)59-38-28(15-16-44)18-23(3)30(47)14-12-13-29(46)19-24(4)53-33(49)20-31(39(38)52-11)56-27(7)45/h12-13,16,22-26,28-29,31,34-41,46,50-51H,14-15,17-21H2,1-11H3/b13-12+/t23-,24-,25+,26-,28-,29-,31+,34-,35+,36+,37-,38-,39-,40-,41-,42+/m0/s1. The number of methoxy groups -OCH3 is 1. The summed E-state index contributed by atoms with van der Waals surface area (Å²) in [5, 5.41) is 34.0. The third-order valence-electron chi connectivity index (χ3n) is 11.1. The number of aldehydes is 1. The summed E-state index contributed by atoms with van der Waals surface area (Å²) in [7, 11) is 4.78. The predicted molar refractivity (Wildman–Crippen MR) is 210 cm³/mol. The van der Waals surface area contributed by atoms with Crippen molar-refractivity contribution in [2.24, 2.45) is 17.8 Å². The number of carbonyl (C=O) groups excluding carboxylic acids is 5. The summed E-state index contributed by atoms with van der Waals surface area (Å²) in [6, 6.07) is -0.811. The number of hydrogen-bond donors (Lipinski definition) is 3. The maximum absolute atomic E-state index is 13.3. The van der Waals surface area contributed by atoms with E-state index >= 15 is 0 Å². The Balaban J connectivity index is 1.98. The second-order valence-electron chi connectivity index (χ2n) is 17.2. The Labute approximate surface area is 348 Å². The molecule has 0 bridgehead atoms. The van der Waals surface area contributed by atoms with Gasteiger partial charge in [0, 0.05) is 52.1 Å². The van der Waals surface area contributed by atoms with Crippen LogP contribution in [0.1, 0.15) is 100 Å². The van der Waals surface area contributed by atoms with Gasteiger partial charge in [-0.1, -0.05) is 32.9 Å². The van der Waals surface area contributed by atoms with Crippen LogP contribution in [0.2, 0.25) is 0 Å². The normalized spacial score (nSPS) is 40.0. The molecule has 0 aromatic rings. The number of esters is 3. The highest BCUT2D eigenvalue weighted by Gasteiger charge is 2.53. The van der Waals surface area contributed by atoms with Gasteiger partial charge >= 0.3 is 17.9 Å². The Kier molecular flexibility index (Phi) is 19.5. The second kappa shape index (κ2) is 22.8. The Morgan fingerprint density at radius 1 is 1.00 bits per heavy atom. The zero-order valence-corrected chi connectivity index (χ0v) is 36.5. The van der Waals surface area contributed by atoms with Crippen molar-refractivity contribution in [3.63, 3.8) is 0 Å². The molecule has 0 radical (unpaired) electrons. The van der Waals surface area contributed by atoms with Crippen LogP contribution in [-0.4, -0.2) is 157 Å². The number of aliphatic hydroxyl groups is 3. The van der Waals surface area contributed by atoms with E-state index in [2.05, 4.69) is 0 Å². The van der Waals surface area contributed by atoms with Gasteiger partial charge in [0.2, 0.25) is 0 Å². The van der Waals surface area contributed by atoms with E-state index < -0.39 is 121 Å². The molecule has 3 heterocycles.